The van der Waals surface area contributed by atoms with Gasteiger partial charge in [0, 0.05) is 15.6 Å². The lowest BCUT2D eigenvalue weighted by Crippen LogP contribution is -1.87. The fourth-order valence-corrected chi connectivity index (χ4v) is 2.11. The van der Waals surface area contributed by atoms with Crippen LogP contribution in [0.5, 0.6) is 0 Å². The van der Waals surface area contributed by atoms with Gasteiger partial charge in [-0.15, -0.1) is 0 Å². The molecule has 0 heterocycles. The van der Waals surface area contributed by atoms with E-state index in [4.69, 9.17) is 5.26 Å². The Bertz CT molecular complexity index is 614. The van der Waals surface area contributed by atoms with Gasteiger partial charge < -0.3 is 0 Å². The molecule has 0 fully saturated rings. The summed E-state index contributed by atoms with van der Waals surface area (Å²) in [6, 6.07) is 14.9. The average Bonchev–Trinajstić information content (AvgIpc) is 2.38. The van der Waals surface area contributed by atoms with E-state index < -0.39 is 0 Å². The van der Waals surface area contributed by atoms with Crippen LogP contribution >= 0.6 is 15.9 Å². The molecule has 0 aliphatic rings. The lowest BCUT2D eigenvalue weighted by atomic mass is 9.99. The van der Waals surface area contributed by atoms with E-state index in [1.807, 2.05) is 24.3 Å². The van der Waals surface area contributed by atoms with Gasteiger partial charge in [0.25, 0.3) is 0 Å². The van der Waals surface area contributed by atoms with Crippen molar-refractivity contribution in [3.05, 3.63) is 58.1 Å². The molecule has 3 heteroatoms. The van der Waals surface area contributed by atoms with E-state index in [9.17, 15) is 4.79 Å². The molecular weight excluding hydrogens is 278 g/mol. The van der Waals surface area contributed by atoms with Gasteiger partial charge in [0.05, 0.1) is 5.56 Å². The number of hydrogen-bond donors (Lipinski definition) is 0. The molecule has 82 valence electrons. The fraction of sp³-hybridized carbons (Fsp3) is 0. The van der Waals surface area contributed by atoms with Crippen molar-refractivity contribution in [2.24, 2.45) is 0 Å². The number of rotatable bonds is 2. The second-order valence-electron chi connectivity index (χ2n) is 3.52. The number of hydrogen-bond acceptors (Lipinski definition) is 2. The first kappa shape index (κ1) is 11.6. The molecule has 2 nitrogen and oxygen atoms in total. The zero-order chi connectivity index (χ0) is 12.3. The maximum absolute atomic E-state index is 10.7. The Morgan fingerprint density at radius 2 is 1.94 bits per heavy atom. The minimum Gasteiger partial charge on any atom is -0.298 e. The van der Waals surface area contributed by atoms with Gasteiger partial charge in [0.15, 0.2) is 0 Å². The van der Waals surface area contributed by atoms with Crippen molar-refractivity contribution in [2.45, 2.75) is 0 Å². The molecule has 0 saturated heterocycles. The predicted molar refractivity (Wildman–Crippen MR) is 69.7 cm³/mol. The molecule has 17 heavy (non-hydrogen) atoms. The highest BCUT2D eigenvalue weighted by Crippen LogP contribution is 2.28. The van der Waals surface area contributed by atoms with E-state index in [-0.39, 0.29) is 0 Å². The summed E-state index contributed by atoms with van der Waals surface area (Å²) in [7, 11) is 0. The van der Waals surface area contributed by atoms with Gasteiger partial charge in [-0.2, -0.15) is 5.26 Å². The lowest BCUT2D eigenvalue weighted by molar-refractivity contribution is 0.112. The molecule has 2 aromatic carbocycles. The van der Waals surface area contributed by atoms with E-state index in [2.05, 4.69) is 22.0 Å². The van der Waals surface area contributed by atoms with Crippen molar-refractivity contribution >= 4 is 22.2 Å². The Morgan fingerprint density at radius 3 is 2.65 bits per heavy atom. The van der Waals surface area contributed by atoms with Crippen LogP contribution in [0.1, 0.15) is 15.9 Å². The number of nitrogens with zero attached hydrogens (tertiary/aromatic N) is 1. The van der Waals surface area contributed by atoms with E-state index in [0.717, 1.165) is 21.9 Å². The van der Waals surface area contributed by atoms with Gasteiger partial charge in [-0.1, -0.05) is 30.3 Å². The smallest absolute Gasteiger partial charge is 0.150 e. The molecule has 0 aliphatic heterocycles. The maximum atomic E-state index is 10.7. The van der Waals surface area contributed by atoms with Gasteiger partial charge in [-0.25, -0.2) is 0 Å². The van der Waals surface area contributed by atoms with Crippen LogP contribution < -0.4 is 0 Å². The molecule has 0 amide bonds. The van der Waals surface area contributed by atoms with Gasteiger partial charge in [0.1, 0.15) is 12.4 Å². The summed E-state index contributed by atoms with van der Waals surface area (Å²) < 4.78 is 0.758. The van der Waals surface area contributed by atoms with Crippen molar-refractivity contribution in [2.75, 3.05) is 0 Å². The van der Waals surface area contributed by atoms with Gasteiger partial charge >= 0.3 is 0 Å². The highest BCUT2D eigenvalue weighted by molar-refractivity contribution is 9.10. The quantitative estimate of drug-likeness (QED) is 0.788. The number of halogens is 1. The maximum Gasteiger partial charge on any atom is 0.150 e. The first-order valence-electron chi connectivity index (χ1n) is 5.00. The highest BCUT2D eigenvalue weighted by Gasteiger charge is 2.08. The van der Waals surface area contributed by atoms with Crippen molar-refractivity contribution < 1.29 is 4.79 Å². The Hall–Kier alpha value is -1.92. The monoisotopic (exact) mass is 285 g/mol. The average molecular weight is 286 g/mol. The third-order valence-electron chi connectivity index (χ3n) is 2.46. The van der Waals surface area contributed by atoms with Gasteiger partial charge in [0.2, 0.25) is 0 Å². The van der Waals surface area contributed by atoms with Gasteiger partial charge in [-0.3, -0.25) is 4.79 Å². The van der Waals surface area contributed by atoms with E-state index >= 15 is 0 Å². The molecule has 0 bridgehead atoms. The summed E-state index contributed by atoms with van der Waals surface area (Å²) in [4.78, 5) is 10.7. The van der Waals surface area contributed by atoms with Crippen LogP contribution in [-0.4, -0.2) is 6.29 Å². The van der Waals surface area contributed by atoms with Crippen LogP contribution in [0, 0.1) is 11.3 Å². The first-order valence-corrected chi connectivity index (χ1v) is 5.80. The summed E-state index contributed by atoms with van der Waals surface area (Å²) in [6.45, 7) is 0. The molecular formula is C14H8BrNO. The Balaban J connectivity index is 2.64. The van der Waals surface area contributed by atoms with Crippen LogP contribution in [0.3, 0.4) is 0 Å². The Morgan fingerprint density at radius 1 is 1.18 bits per heavy atom. The predicted octanol–water partition coefficient (Wildman–Crippen LogP) is 3.80. The molecule has 0 atom stereocenters. The Kier molecular flexibility index (Phi) is 3.36. The molecule has 0 aliphatic carbocycles. The molecule has 0 aromatic heterocycles. The SMILES string of the molecule is N#Cc1c(Br)cccc1-c1cccc(C=O)c1. The Labute approximate surface area is 108 Å². The normalized spacial score (nSPS) is 9.65. The van der Waals surface area contributed by atoms with E-state index in [0.29, 0.717) is 11.1 Å². The van der Waals surface area contributed by atoms with Crippen molar-refractivity contribution in [1.29, 1.82) is 5.26 Å². The molecule has 2 rings (SSSR count). The number of nitriles is 1. The first-order chi connectivity index (χ1) is 8.26. The van der Waals surface area contributed by atoms with Crippen molar-refractivity contribution in [3.8, 4) is 17.2 Å². The molecule has 0 unspecified atom stereocenters. The third kappa shape index (κ3) is 2.27. The van der Waals surface area contributed by atoms with E-state index in [1.165, 1.54) is 0 Å². The highest BCUT2D eigenvalue weighted by atomic mass is 79.9. The minimum atomic E-state index is 0.579. The second kappa shape index (κ2) is 4.94. The zero-order valence-electron chi connectivity index (χ0n) is 8.85. The largest absolute Gasteiger partial charge is 0.298 e. The number of carbonyl (C=O) groups excluding carboxylic acids is 1. The summed E-state index contributed by atoms with van der Waals surface area (Å²) in [6.07, 6.45) is 0.799. The number of benzene rings is 2. The second-order valence-corrected chi connectivity index (χ2v) is 4.37. The topological polar surface area (TPSA) is 40.9 Å². The van der Waals surface area contributed by atoms with Crippen LogP contribution in [0.25, 0.3) is 11.1 Å². The van der Waals surface area contributed by atoms with Crippen LogP contribution in [0.4, 0.5) is 0 Å². The number of aldehydes is 1. The van der Waals surface area contributed by atoms with Crippen molar-refractivity contribution in [1.82, 2.24) is 0 Å². The summed E-state index contributed by atoms with van der Waals surface area (Å²) in [5.41, 5.74) is 2.87. The van der Waals surface area contributed by atoms with Gasteiger partial charge in [-0.05, 0) is 33.6 Å². The minimum absolute atomic E-state index is 0.579. The summed E-state index contributed by atoms with van der Waals surface area (Å²) in [5, 5.41) is 9.14. The molecule has 0 spiro atoms. The molecule has 0 saturated carbocycles. The lowest BCUT2D eigenvalue weighted by Gasteiger charge is -2.06. The summed E-state index contributed by atoms with van der Waals surface area (Å²) >= 11 is 3.35. The number of carbonyl (C=O) groups is 1. The molecule has 0 radical (unpaired) electrons. The van der Waals surface area contributed by atoms with Crippen LogP contribution in [0.15, 0.2) is 46.9 Å². The van der Waals surface area contributed by atoms with Crippen LogP contribution in [-0.2, 0) is 0 Å². The molecule has 2 aromatic rings. The molecule has 0 N–H and O–H groups in total. The van der Waals surface area contributed by atoms with Crippen molar-refractivity contribution in [3.63, 3.8) is 0 Å². The summed E-state index contributed by atoms with van der Waals surface area (Å²) in [5.74, 6) is 0. The third-order valence-corrected chi connectivity index (χ3v) is 3.12. The van der Waals surface area contributed by atoms with E-state index in [1.54, 1.807) is 18.2 Å². The van der Waals surface area contributed by atoms with Crippen LogP contribution in [0.2, 0.25) is 0 Å². The fourth-order valence-electron chi connectivity index (χ4n) is 1.66. The zero-order valence-corrected chi connectivity index (χ0v) is 10.4. The standard InChI is InChI=1S/C14H8BrNO/c15-14-6-2-5-12(13(14)8-16)11-4-1-3-10(7-11)9-17/h1-7,9H.